The van der Waals surface area contributed by atoms with Gasteiger partial charge >= 0.3 is 11.9 Å². The van der Waals surface area contributed by atoms with E-state index in [0.717, 1.165) is 9.25 Å². The van der Waals surface area contributed by atoms with Crippen molar-refractivity contribution in [2.75, 3.05) is 13.1 Å². The van der Waals surface area contributed by atoms with Gasteiger partial charge in [-0.3, -0.25) is 14.2 Å². The molecule has 0 radical (unpaired) electrons. The molecular formula is C27H26ClF3N8O4. The second-order valence-electron chi connectivity index (χ2n) is 10.00. The molecule has 2 aromatic carbocycles. The van der Waals surface area contributed by atoms with Crippen molar-refractivity contribution in [3.8, 4) is 17.1 Å². The Hall–Kier alpha value is -4.50. The number of rotatable bonds is 8. The highest BCUT2D eigenvalue weighted by molar-refractivity contribution is 6.30. The highest BCUT2D eigenvalue weighted by Gasteiger charge is 2.39. The van der Waals surface area contributed by atoms with Gasteiger partial charge in [0.05, 0.1) is 17.8 Å². The summed E-state index contributed by atoms with van der Waals surface area (Å²) in [7, 11) is 0. The van der Waals surface area contributed by atoms with E-state index in [1.165, 1.54) is 42.2 Å². The van der Waals surface area contributed by atoms with E-state index in [1.807, 2.05) is 0 Å². The van der Waals surface area contributed by atoms with Gasteiger partial charge in [0.1, 0.15) is 12.9 Å². The highest BCUT2D eigenvalue weighted by Crippen LogP contribution is 2.24. The van der Waals surface area contributed by atoms with Gasteiger partial charge in [-0.1, -0.05) is 23.7 Å². The molecule has 4 aromatic rings. The molecule has 0 unspecified atom stereocenters. The number of carbonyl (C=O) groups is 2. The van der Waals surface area contributed by atoms with Crippen molar-refractivity contribution in [3.63, 3.8) is 0 Å². The molecule has 43 heavy (non-hydrogen) atoms. The van der Waals surface area contributed by atoms with Crippen molar-refractivity contribution < 1.29 is 27.9 Å². The summed E-state index contributed by atoms with van der Waals surface area (Å²) in [6.45, 7) is 0.870. The number of halogens is 4. The molecular weight excluding hydrogens is 593 g/mol. The van der Waals surface area contributed by atoms with Gasteiger partial charge in [-0.25, -0.2) is 19.1 Å². The summed E-state index contributed by atoms with van der Waals surface area (Å²) in [5.41, 5.74) is 0.156. The van der Waals surface area contributed by atoms with E-state index < -0.39 is 24.5 Å². The van der Waals surface area contributed by atoms with E-state index in [0.29, 0.717) is 41.3 Å². The van der Waals surface area contributed by atoms with Crippen LogP contribution in [0.25, 0.3) is 17.1 Å². The number of nitrogens with zero attached hydrogens (tertiary/aromatic N) is 7. The Morgan fingerprint density at radius 2 is 1.86 bits per heavy atom. The number of nitrogens with one attached hydrogen (secondary N) is 1. The first-order valence-electron chi connectivity index (χ1n) is 13.2. The van der Waals surface area contributed by atoms with E-state index in [-0.39, 0.29) is 36.0 Å². The van der Waals surface area contributed by atoms with Gasteiger partial charge < -0.3 is 15.3 Å². The Kier molecular flexibility index (Phi) is 8.37. The van der Waals surface area contributed by atoms with Gasteiger partial charge in [-0.2, -0.15) is 13.2 Å². The third kappa shape index (κ3) is 6.62. The van der Waals surface area contributed by atoms with Crippen LogP contribution in [0.2, 0.25) is 5.02 Å². The monoisotopic (exact) mass is 618 g/mol. The van der Waals surface area contributed by atoms with Crippen LogP contribution in [-0.4, -0.2) is 82.3 Å². The minimum absolute atomic E-state index is 0.0972. The number of aromatic nitrogens is 6. The molecule has 1 fully saturated rings. The van der Waals surface area contributed by atoms with Crippen molar-refractivity contribution in [3.05, 3.63) is 81.8 Å². The molecule has 12 nitrogen and oxygen atoms in total. The van der Waals surface area contributed by atoms with Crippen molar-refractivity contribution >= 4 is 23.4 Å². The average Bonchev–Trinajstić information content (AvgIpc) is 3.69. The molecule has 2 atom stereocenters. The molecule has 226 valence electrons. The maximum Gasteiger partial charge on any atom is 0.416 e. The third-order valence-corrected chi connectivity index (χ3v) is 7.11. The Bertz CT molecular complexity index is 1700. The lowest BCUT2D eigenvalue weighted by Crippen LogP contribution is -2.37. The number of amides is 2. The molecule has 0 saturated carbocycles. The van der Waals surface area contributed by atoms with Crippen LogP contribution in [-0.2, 0) is 17.9 Å². The first-order valence-corrected chi connectivity index (χ1v) is 13.5. The zero-order chi connectivity index (χ0) is 30.9. The van der Waals surface area contributed by atoms with E-state index in [4.69, 9.17) is 11.6 Å². The Labute approximate surface area is 247 Å². The van der Waals surface area contributed by atoms with Crippen molar-refractivity contribution in [1.29, 1.82) is 0 Å². The van der Waals surface area contributed by atoms with Gasteiger partial charge in [-0.05, 0) is 42.8 Å². The van der Waals surface area contributed by atoms with Crippen molar-refractivity contribution in [1.82, 2.24) is 39.3 Å². The number of hydrogen-bond acceptors (Lipinski definition) is 7. The molecule has 3 heterocycles. The van der Waals surface area contributed by atoms with E-state index in [1.54, 1.807) is 29.2 Å². The molecule has 1 aliphatic heterocycles. The second-order valence-corrected chi connectivity index (χ2v) is 10.4. The number of benzene rings is 2. The molecule has 16 heteroatoms. The zero-order valence-corrected chi connectivity index (χ0v) is 23.5. The predicted octanol–water partition coefficient (Wildman–Crippen LogP) is 2.27. The van der Waals surface area contributed by atoms with E-state index in [9.17, 15) is 32.7 Å². The summed E-state index contributed by atoms with van der Waals surface area (Å²) >= 11 is 5.93. The van der Waals surface area contributed by atoms with Crippen LogP contribution in [0.5, 0.6) is 0 Å². The smallest absolute Gasteiger partial charge is 0.382 e. The molecule has 0 spiro atoms. The highest BCUT2D eigenvalue weighted by atomic mass is 35.5. The maximum absolute atomic E-state index is 13.4. The van der Waals surface area contributed by atoms with Crippen LogP contribution in [0.15, 0.2) is 59.7 Å². The fraction of sp³-hybridized carbons (Fsp3) is 0.333. The fourth-order valence-electron chi connectivity index (χ4n) is 4.79. The van der Waals surface area contributed by atoms with Gasteiger partial charge in [0.25, 0.3) is 5.91 Å². The van der Waals surface area contributed by atoms with Crippen LogP contribution in [0.3, 0.4) is 0 Å². The minimum Gasteiger partial charge on any atom is -0.382 e. The van der Waals surface area contributed by atoms with E-state index in [2.05, 4.69) is 20.5 Å². The lowest BCUT2D eigenvalue weighted by molar-refractivity contribution is -0.207. The normalized spacial score (nSPS) is 16.0. The Morgan fingerprint density at radius 1 is 1.14 bits per heavy atom. The summed E-state index contributed by atoms with van der Waals surface area (Å²) in [5, 5.41) is 21.5. The maximum atomic E-state index is 13.4. The quantitative estimate of drug-likeness (QED) is 0.309. The van der Waals surface area contributed by atoms with Gasteiger partial charge in [0.15, 0.2) is 17.8 Å². The Balaban J connectivity index is 1.41. The van der Waals surface area contributed by atoms with Crippen molar-refractivity contribution in [2.24, 2.45) is 0 Å². The summed E-state index contributed by atoms with van der Waals surface area (Å²) in [4.78, 5) is 43.8. The number of aliphatic hydroxyl groups is 1. The standard InChI is InChI=1S/C27H26ClF3N8O4/c1-16(40)33-19-10-11-36(12-19)25(42)20-4-2-3-5-21(20)39-15-32-23(34-39)14-38-26(43)37(13-22(41)27(29,30)31)24(35-38)17-6-8-18(28)9-7-17/h2-9,15,19,22,41H,10-14H2,1H3,(H,33,40)/t19-,22-/m0/s1. The molecule has 0 bridgehead atoms. The lowest BCUT2D eigenvalue weighted by atomic mass is 10.1. The molecule has 0 aliphatic carbocycles. The minimum atomic E-state index is -4.95. The molecule has 1 aliphatic rings. The SMILES string of the molecule is CC(=O)N[C@H]1CCN(C(=O)c2ccccc2-n2cnc(Cn3nc(-c4ccc(Cl)cc4)n(C[C@H](O)C(F)(F)F)c3=O)n2)C1. The topological polar surface area (TPSA) is 140 Å². The third-order valence-electron chi connectivity index (χ3n) is 6.85. The van der Waals surface area contributed by atoms with Gasteiger partial charge in [-0.15, -0.1) is 10.2 Å². The summed E-state index contributed by atoms with van der Waals surface area (Å²) in [5.74, 6) is -0.440. The van der Waals surface area contributed by atoms with Crippen LogP contribution < -0.4 is 11.0 Å². The number of aliphatic hydroxyl groups excluding tert-OH is 1. The van der Waals surface area contributed by atoms with Crippen LogP contribution >= 0.6 is 11.6 Å². The van der Waals surface area contributed by atoms with Gasteiger partial charge in [0, 0.05) is 36.6 Å². The number of likely N-dealkylation sites (tertiary alicyclic amines) is 1. The van der Waals surface area contributed by atoms with E-state index >= 15 is 0 Å². The molecule has 2 N–H and O–H groups in total. The van der Waals surface area contributed by atoms with Crippen LogP contribution in [0, 0.1) is 0 Å². The number of carbonyl (C=O) groups excluding carboxylic acids is 2. The second kappa shape index (κ2) is 12.0. The van der Waals surface area contributed by atoms with Crippen LogP contribution in [0.1, 0.15) is 29.5 Å². The molecule has 1 saturated heterocycles. The van der Waals surface area contributed by atoms with Crippen molar-refractivity contribution in [2.45, 2.75) is 44.8 Å². The molecule has 2 aromatic heterocycles. The fourth-order valence-corrected chi connectivity index (χ4v) is 4.92. The molecule has 2 amide bonds. The first-order chi connectivity index (χ1) is 20.4. The first kappa shape index (κ1) is 30.0. The average molecular weight is 619 g/mol. The molecule has 5 rings (SSSR count). The predicted molar refractivity (Wildman–Crippen MR) is 148 cm³/mol. The zero-order valence-electron chi connectivity index (χ0n) is 22.7. The largest absolute Gasteiger partial charge is 0.416 e. The number of alkyl halides is 3. The summed E-state index contributed by atoms with van der Waals surface area (Å²) in [6, 6.07) is 12.6. The summed E-state index contributed by atoms with van der Waals surface area (Å²) < 4.78 is 42.4. The lowest BCUT2D eigenvalue weighted by Gasteiger charge is -2.18. The van der Waals surface area contributed by atoms with Gasteiger partial charge in [0.2, 0.25) is 5.91 Å². The number of hydrogen-bond donors (Lipinski definition) is 2. The number of para-hydroxylation sites is 1. The van der Waals surface area contributed by atoms with Crippen LogP contribution in [0.4, 0.5) is 13.2 Å². The summed E-state index contributed by atoms with van der Waals surface area (Å²) in [6.07, 6.45) is -5.78. The Morgan fingerprint density at radius 3 is 2.56 bits per heavy atom.